The number of halogens is 1. The van der Waals surface area contributed by atoms with Gasteiger partial charge in [0.05, 0.1) is 19.8 Å². The van der Waals surface area contributed by atoms with Gasteiger partial charge in [0.25, 0.3) is 0 Å². The molecule has 1 aliphatic heterocycles. The number of likely N-dealkylation sites (tertiary alicyclic amines) is 1. The van der Waals surface area contributed by atoms with Crippen molar-refractivity contribution in [2.24, 2.45) is 23.5 Å². The van der Waals surface area contributed by atoms with Gasteiger partial charge < -0.3 is 25.4 Å². The highest BCUT2D eigenvalue weighted by atomic mass is 19.1. The van der Waals surface area contributed by atoms with Crippen molar-refractivity contribution < 1.29 is 23.5 Å². The van der Waals surface area contributed by atoms with Crippen molar-refractivity contribution in [2.75, 3.05) is 39.9 Å². The molecule has 1 aromatic rings. The molecule has 1 saturated carbocycles. The van der Waals surface area contributed by atoms with Gasteiger partial charge in [-0.1, -0.05) is 44.2 Å². The minimum absolute atomic E-state index is 0.0438. The van der Waals surface area contributed by atoms with Crippen molar-refractivity contribution in [3.8, 4) is 0 Å². The second-order valence-corrected chi connectivity index (χ2v) is 10.1. The highest BCUT2D eigenvalue weighted by Gasteiger charge is 2.32. The average molecular weight is 492 g/mol. The van der Waals surface area contributed by atoms with Crippen LogP contribution in [0, 0.1) is 23.6 Å². The van der Waals surface area contributed by atoms with Gasteiger partial charge in [0.1, 0.15) is 5.82 Å². The summed E-state index contributed by atoms with van der Waals surface area (Å²) in [4.78, 5) is 26.5. The molecule has 7 nitrogen and oxygen atoms in total. The van der Waals surface area contributed by atoms with Crippen LogP contribution < -0.4 is 11.1 Å². The molecule has 1 saturated heterocycles. The summed E-state index contributed by atoms with van der Waals surface area (Å²) in [6.45, 7) is 2.40. The lowest BCUT2D eigenvalue weighted by molar-refractivity contribution is -0.135. The standard InChI is InChI=1S/C27H42FN3O4/c1-34-27(33)30-12-14-35-26(22-9-5-11-24(28)17-22)23-10-6-13-31(19-23)25(32)16-21(18-29)15-20-7-3-2-4-8-20/h5,9,11,17,20-21,23,26H,2-4,6-8,10,12-16,18-19,29H2,1H3,(H,30,33)/t21-,23-,26+/m1/s1. The number of nitrogens with one attached hydrogen (secondary N) is 1. The smallest absolute Gasteiger partial charge is 0.406 e. The van der Waals surface area contributed by atoms with E-state index in [1.807, 2.05) is 11.0 Å². The molecule has 3 atom stereocenters. The predicted molar refractivity (Wildman–Crippen MR) is 133 cm³/mol. The molecule has 2 amide bonds. The minimum Gasteiger partial charge on any atom is -0.453 e. The number of hydrogen-bond acceptors (Lipinski definition) is 5. The predicted octanol–water partition coefficient (Wildman–Crippen LogP) is 4.41. The molecule has 2 fully saturated rings. The molecule has 1 heterocycles. The van der Waals surface area contributed by atoms with E-state index in [1.54, 1.807) is 6.07 Å². The summed E-state index contributed by atoms with van der Waals surface area (Å²) in [6, 6.07) is 6.44. The van der Waals surface area contributed by atoms with Crippen LogP contribution in [-0.4, -0.2) is 56.8 Å². The topological polar surface area (TPSA) is 93.9 Å². The summed E-state index contributed by atoms with van der Waals surface area (Å²) in [5.74, 6) is 0.809. The molecule has 2 aliphatic rings. The number of carbonyl (C=O) groups excluding carboxylic acids is 2. The van der Waals surface area contributed by atoms with Crippen molar-refractivity contribution in [3.05, 3.63) is 35.6 Å². The lowest BCUT2D eigenvalue weighted by Crippen LogP contribution is -2.43. The van der Waals surface area contributed by atoms with Crippen LogP contribution in [-0.2, 0) is 14.3 Å². The molecule has 0 bridgehead atoms. The summed E-state index contributed by atoms with van der Waals surface area (Å²) in [5.41, 5.74) is 6.82. The molecule has 0 unspecified atom stereocenters. The molecule has 196 valence electrons. The van der Waals surface area contributed by atoms with Gasteiger partial charge in [0.15, 0.2) is 0 Å². The number of amides is 2. The highest BCUT2D eigenvalue weighted by molar-refractivity contribution is 5.76. The van der Waals surface area contributed by atoms with Crippen LogP contribution in [0.25, 0.3) is 0 Å². The van der Waals surface area contributed by atoms with E-state index in [9.17, 15) is 14.0 Å². The Labute approximate surface area is 208 Å². The van der Waals surface area contributed by atoms with E-state index < -0.39 is 6.09 Å². The summed E-state index contributed by atoms with van der Waals surface area (Å²) >= 11 is 0. The Hall–Kier alpha value is -2.19. The van der Waals surface area contributed by atoms with E-state index in [2.05, 4.69) is 10.1 Å². The van der Waals surface area contributed by atoms with Crippen molar-refractivity contribution in [1.29, 1.82) is 0 Å². The maximum atomic E-state index is 14.0. The van der Waals surface area contributed by atoms with Gasteiger partial charge in [0.2, 0.25) is 5.91 Å². The van der Waals surface area contributed by atoms with E-state index >= 15 is 0 Å². The monoisotopic (exact) mass is 491 g/mol. The quantitative estimate of drug-likeness (QED) is 0.447. The molecule has 1 aliphatic carbocycles. The molecule has 3 N–H and O–H groups in total. The molecule has 0 radical (unpaired) electrons. The zero-order valence-corrected chi connectivity index (χ0v) is 21.1. The third-order valence-electron chi connectivity index (χ3n) is 7.46. The first-order valence-electron chi connectivity index (χ1n) is 13.2. The molecule has 1 aromatic carbocycles. The van der Waals surface area contributed by atoms with Gasteiger partial charge in [0, 0.05) is 32.0 Å². The summed E-state index contributed by atoms with van der Waals surface area (Å²) < 4.78 is 24.8. The number of benzene rings is 1. The maximum Gasteiger partial charge on any atom is 0.406 e. The third-order valence-corrected chi connectivity index (χ3v) is 7.46. The first-order chi connectivity index (χ1) is 17.0. The van der Waals surface area contributed by atoms with Crippen LogP contribution in [0.3, 0.4) is 0 Å². The number of rotatable bonds is 11. The zero-order valence-electron chi connectivity index (χ0n) is 21.1. The molecule has 0 spiro atoms. The lowest BCUT2D eigenvalue weighted by atomic mass is 9.81. The van der Waals surface area contributed by atoms with Crippen molar-refractivity contribution in [1.82, 2.24) is 10.2 Å². The number of nitrogens with two attached hydrogens (primary N) is 1. The Morgan fingerprint density at radius 2 is 2.00 bits per heavy atom. The van der Waals surface area contributed by atoms with Crippen LogP contribution >= 0.6 is 0 Å². The van der Waals surface area contributed by atoms with Crippen LogP contribution in [0.1, 0.15) is 69.5 Å². The second-order valence-electron chi connectivity index (χ2n) is 10.1. The lowest BCUT2D eigenvalue weighted by Gasteiger charge is -2.38. The van der Waals surface area contributed by atoms with Crippen molar-refractivity contribution >= 4 is 12.0 Å². The Balaban J connectivity index is 1.60. The van der Waals surface area contributed by atoms with Gasteiger partial charge in [-0.3, -0.25) is 4.79 Å². The van der Waals surface area contributed by atoms with Gasteiger partial charge >= 0.3 is 6.09 Å². The zero-order chi connectivity index (χ0) is 25.0. The first-order valence-corrected chi connectivity index (χ1v) is 13.2. The fraction of sp³-hybridized carbons (Fsp3) is 0.704. The van der Waals surface area contributed by atoms with E-state index in [4.69, 9.17) is 10.5 Å². The number of ether oxygens (including phenoxy) is 2. The summed E-state index contributed by atoms with van der Waals surface area (Å²) in [5, 5.41) is 2.61. The van der Waals surface area contributed by atoms with Crippen LogP contribution in [0.4, 0.5) is 9.18 Å². The second kappa shape index (κ2) is 14.4. The van der Waals surface area contributed by atoms with Crippen LogP contribution in [0.5, 0.6) is 0 Å². The van der Waals surface area contributed by atoms with Crippen molar-refractivity contribution in [2.45, 2.75) is 63.9 Å². The SMILES string of the molecule is COC(=O)NCCO[C@@H](c1cccc(F)c1)[C@@H]1CCCN(C(=O)C[C@H](CN)CC2CCCCC2)C1. The number of alkyl carbamates (subject to hydrolysis) is 1. The Morgan fingerprint density at radius 1 is 1.20 bits per heavy atom. The molecule has 3 rings (SSSR count). The minimum atomic E-state index is -0.520. The molecule has 8 heteroatoms. The van der Waals surface area contributed by atoms with Crippen LogP contribution in [0.15, 0.2) is 24.3 Å². The summed E-state index contributed by atoms with van der Waals surface area (Å²) in [7, 11) is 1.31. The molecule has 35 heavy (non-hydrogen) atoms. The maximum absolute atomic E-state index is 14.0. The Kier molecular flexibility index (Phi) is 11.3. The number of carbonyl (C=O) groups is 2. The van der Waals surface area contributed by atoms with E-state index in [0.717, 1.165) is 31.4 Å². The van der Waals surface area contributed by atoms with E-state index in [1.165, 1.54) is 51.3 Å². The van der Waals surface area contributed by atoms with Gasteiger partial charge in [-0.2, -0.15) is 0 Å². The largest absolute Gasteiger partial charge is 0.453 e. The molecule has 0 aromatic heterocycles. The third kappa shape index (κ3) is 8.76. The first kappa shape index (κ1) is 27.4. The molecular formula is C27H42FN3O4. The highest BCUT2D eigenvalue weighted by Crippen LogP contribution is 2.34. The van der Waals surface area contributed by atoms with Gasteiger partial charge in [-0.05, 0) is 55.3 Å². The fourth-order valence-corrected chi connectivity index (χ4v) is 5.62. The average Bonchev–Trinajstić information content (AvgIpc) is 2.88. The fourth-order valence-electron chi connectivity index (χ4n) is 5.62. The molecular weight excluding hydrogens is 449 g/mol. The van der Waals surface area contributed by atoms with Gasteiger partial charge in [-0.25, -0.2) is 9.18 Å². The summed E-state index contributed by atoms with van der Waals surface area (Å²) in [6.07, 6.45) is 8.84. The Morgan fingerprint density at radius 3 is 2.71 bits per heavy atom. The van der Waals surface area contributed by atoms with E-state index in [0.29, 0.717) is 25.4 Å². The van der Waals surface area contributed by atoms with Gasteiger partial charge in [-0.15, -0.1) is 0 Å². The van der Waals surface area contributed by atoms with E-state index in [-0.39, 0.29) is 42.8 Å². The number of hydrogen-bond donors (Lipinski definition) is 2. The van der Waals surface area contributed by atoms with Crippen LogP contribution in [0.2, 0.25) is 0 Å². The number of methoxy groups -OCH3 is 1. The Bertz CT molecular complexity index is 802. The normalized spacial score (nSPS) is 20.8. The van der Waals surface area contributed by atoms with Crippen molar-refractivity contribution in [3.63, 3.8) is 0 Å². The number of piperidine rings is 1. The number of nitrogens with zero attached hydrogens (tertiary/aromatic N) is 1.